The fourth-order valence-corrected chi connectivity index (χ4v) is 5.72. The second-order valence-electron chi connectivity index (χ2n) is 13.7. The number of hydrogen-bond acceptors (Lipinski definition) is 10. The van der Waals surface area contributed by atoms with Gasteiger partial charge in [-0.15, -0.1) is 0 Å². The van der Waals surface area contributed by atoms with Gasteiger partial charge in [0.25, 0.3) is 23.6 Å². The van der Waals surface area contributed by atoms with Crippen LogP contribution in [0, 0.1) is 18.3 Å². The molecule has 0 radical (unpaired) electrons. The molecule has 0 unspecified atom stereocenters. The van der Waals surface area contributed by atoms with Gasteiger partial charge in [0.1, 0.15) is 6.04 Å². The highest BCUT2D eigenvalue weighted by Gasteiger charge is 2.25. The van der Waals surface area contributed by atoms with Crippen LogP contribution < -0.4 is 37.1 Å². The Labute approximate surface area is 348 Å². The Morgan fingerprint density at radius 1 is 0.672 bits per heavy atom. The molecule has 0 bridgehead atoms. The Kier molecular flexibility index (Phi) is 13.8. The predicted molar refractivity (Wildman–Crippen MR) is 224 cm³/mol. The summed E-state index contributed by atoms with van der Waals surface area (Å²) in [5.41, 5.74) is 7.76. The van der Waals surface area contributed by atoms with Crippen molar-refractivity contribution in [3.05, 3.63) is 142 Å². The number of anilines is 4. The number of phenols is 1. The molecule has 0 spiro atoms. The number of carboxylic acid groups (broad SMARTS) is 1. The Bertz CT molecular complexity index is 2570. The summed E-state index contributed by atoms with van der Waals surface area (Å²) >= 11 is 0. The number of carbonyl (C=O) groups excluding carboxylic acids is 6. The minimum absolute atomic E-state index is 0.0198. The largest absolute Gasteiger partial charge is 0.504 e. The molecule has 6 amide bonds. The number of benzene rings is 5. The monoisotopic (exact) mass is 825 g/mol. The number of carbonyl (C=O) groups is 7. The van der Waals surface area contributed by atoms with Crippen molar-refractivity contribution in [2.24, 2.45) is 5.73 Å². The van der Waals surface area contributed by atoms with Crippen LogP contribution in [-0.4, -0.2) is 63.8 Å². The number of amides is 6. The van der Waals surface area contributed by atoms with Crippen LogP contribution in [0.2, 0.25) is 0 Å². The Hall–Kier alpha value is -8.52. The van der Waals surface area contributed by atoms with Crippen molar-refractivity contribution in [1.82, 2.24) is 5.32 Å². The number of aryl methyl sites for hydroxylation is 1. The molecule has 0 aliphatic rings. The van der Waals surface area contributed by atoms with E-state index in [0.717, 1.165) is 0 Å². The Morgan fingerprint density at radius 3 is 1.70 bits per heavy atom. The van der Waals surface area contributed by atoms with Crippen molar-refractivity contribution in [2.45, 2.75) is 39.3 Å². The number of aromatic carboxylic acids is 1. The second-order valence-corrected chi connectivity index (χ2v) is 13.7. The summed E-state index contributed by atoms with van der Waals surface area (Å²) in [7, 11) is 0. The van der Waals surface area contributed by atoms with Gasteiger partial charge in [0, 0.05) is 33.8 Å². The lowest BCUT2D eigenvalue weighted by Crippen LogP contribution is -2.46. The van der Waals surface area contributed by atoms with Crippen molar-refractivity contribution in [3.63, 3.8) is 0 Å². The van der Waals surface area contributed by atoms with E-state index in [1.807, 2.05) is 6.07 Å². The molecule has 0 aliphatic heterocycles. The molecular weight excluding hydrogens is 787 g/mol. The number of nitrogens with two attached hydrogens (primary N) is 1. The van der Waals surface area contributed by atoms with E-state index in [1.165, 1.54) is 91.0 Å². The molecule has 0 saturated carbocycles. The first kappa shape index (κ1) is 43.6. The van der Waals surface area contributed by atoms with Crippen molar-refractivity contribution in [1.29, 1.82) is 5.26 Å². The average molecular weight is 826 g/mol. The number of primary amides is 1. The molecule has 0 saturated heterocycles. The number of nitriles is 1. The van der Waals surface area contributed by atoms with Crippen molar-refractivity contribution >= 4 is 64.2 Å². The van der Waals surface area contributed by atoms with Gasteiger partial charge < -0.3 is 47.3 Å². The highest BCUT2D eigenvalue weighted by atomic mass is 16.5. The summed E-state index contributed by atoms with van der Waals surface area (Å²) in [5, 5.41) is 42.3. The minimum Gasteiger partial charge on any atom is -0.504 e. The molecule has 9 N–H and O–H groups in total. The van der Waals surface area contributed by atoms with Crippen LogP contribution in [-0.2, 0) is 9.59 Å². The van der Waals surface area contributed by atoms with Crippen LogP contribution in [0.1, 0.15) is 83.2 Å². The van der Waals surface area contributed by atoms with Gasteiger partial charge in [-0.05, 0) is 129 Å². The zero-order valence-corrected chi connectivity index (χ0v) is 32.9. The summed E-state index contributed by atoms with van der Waals surface area (Å²) in [4.78, 5) is 88.4. The first-order valence-electron chi connectivity index (χ1n) is 18.4. The highest BCUT2D eigenvalue weighted by Crippen LogP contribution is 2.39. The number of hydrogen-bond donors (Lipinski definition) is 8. The average Bonchev–Trinajstić information content (AvgIpc) is 3.22. The number of aromatic hydroxyl groups is 1. The Morgan fingerprint density at radius 2 is 1.18 bits per heavy atom. The van der Waals surface area contributed by atoms with Gasteiger partial charge in [-0.3, -0.25) is 28.8 Å². The summed E-state index contributed by atoms with van der Waals surface area (Å²) in [5.74, 6) is -6.02. The molecule has 0 fully saturated rings. The van der Waals surface area contributed by atoms with Crippen LogP contribution in [0.15, 0.2) is 103 Å². The summed E-state index contributed by atoms with van der Waals surface area (Å²) in [6.45, 7) is 5.07. The van der Waals surface area contributed by atoms with E-state index in [2.05, 4.69) is 26.6 Å². The molecule has 61 heavy (non-hydrogen) atoms. The molecule has 17 nitrogen and oxygen atoms in total. The normalized spacial score (nSPS) is 11.0. The molecule has 0 aromatic heterocycles. The number of carboxylic acids is 1. The quantitative estimate of drug-likeness (QED) is 0.0659. The summed E-state index contributed by atoms with van der Waals surface area (Å²) in [6.07, 6.45) is -1.02. The van der Waals surface area contributed by atoms with Crippen LogP contribution in [0.4, 0.5) is 22.7 Å². The second kappa shape index (κ2) is 19.3. The van der Waals surface area contributed by atoms with Gasteiger partial charge >= 0.3 is 5.97 Å². The molecule has 5 aromatic rings. The topological polar surface area (TPSA) is 279 Å². The van der Waals surface area contributed by atoms with Crippen LogP contribution >= 0.6 is 0 Å². The number of phenolic OH excluding ortho intramolecular Hbond substituents is 1. The summed E-state index contributed by atoms with van der Waals surface area (Å²) in [6, 6.07) is 24.7. The zero-order chi connectivity index (χ0) is 44.4. The van der Waals surface area contributed by atoms with Gasteiger partial charge in [0.2, 0.25) is 11.8 Å². The van der Waals surface area contributed by atoms with Gasteiger partial charge in [0.05, 0.1) is 41.0 Å². The molecule has 17 heteroatoms. The van der Waals surface area contributed by atoms with Crippen molar-refractivity contribution in [2.75, 3.05) is 21.3 Å². The van der Waals surface area contributed by atoms with E-state index in [1.54, 1.807) is 32.9 Å². The van der Waals surface area contributed by atoms with E-state index in [-0.39, 0.29) is 45.1 Å². The third-order valence-corrected chi connectivity index (χ3v) is 8.82. The molecule has 310 valence electrons. The molecular formula is C44H39N7O10. The van der Waals surface area contributed by atoms with Crippen LogP contribution in [0.25, 0.3) is 0 Å². The maximum Gasteiger partial charge on any atom is 0.335 e. The number of nitrogens with one attached hydrogen (secondary N) is 5. The number of ether oxygens (including phenoxy) is 1. The smallest absolute Gasteiger partial charge is 0.335 e. The van der Waals surface area contributed by atoms with Crippen molar-refractivity contribution < 1.29 is 48.5 Å². The van der Waals surface area contributed by atoms with Crippen molar-refractivity contribution in [3.8, 4) is 17.6 Å². The SMILES string of the molecule is Cc1cc(C(=O)Nc2ccc(C(=O)N[C@@H](CC(N)=O)C(=O)Nc3ccc(C(=O)Nc4ccc(C(=O)Nc5ccc(C(=O)O)cc5)c(O)c4OC(C)C)cc3)cc2)ccc1C#N. The van der Waals surface area contributed by atoms with Gasteiger partial charge in [-0.1, -0.05) is 0 Å². The van der Waals surface area contributed by atoms with Crippen LogP contribution in [0.5, 0.6) is 11.5 Å². The number of rotatable bonds is 15. The molecule has 1 atom stereocenters. The van der Waals surface area contributed by atoms with Gasteiger partial charge in [-0.25, -0.2) is 4.79 Å². The summed E-state index contributed by atoms with van der Waals surface area (Å²) < 4.78 is 5.76. The van der Waals surface area contributed by atoms with E-state index >= 15 is 0 Å². The van der Waals surface area contributed by atoms with E-state index in [0.29, 0.717) is 22.4 Å². The van der Waals surface area contributed by atoms with E-state index < -0.39 is 65.7 Å². The molecule has 5 rings (SSSR count). The third-order valence-electron chi connectivity index (χ3n) is 8.82. The molecule has 0 aliphatic carbocycles. The highest BCUT2D eigenvalue weighted by molar-refractivity contribution is 6.10. The standard InChI is InChI=1S/C44H39N7O10/c1-23(2)61-38-34(19-18-33(37(38)53)42(57)48-31-16-10-27(11-17-31)44(59)60)50-39(54)25-8-14-32(15-9-25)49-43(58)35(21-36(46)52)51-40(55)26-6-12-30(13-7-26)47-41(56)28-4-5-29(22-45)24(3)20-28/h4-20,23,35,53H,21H2,1-3H3,(H2,46,52)(H,47,56)(H,48,57)(H,49,58)(H,50,54)(H,51,55)(H,59,60)/t35-/m0/s1. The fourth-order valence-electron chi connectivity index (χ4n) is 5.72. The first-order valence-corrected chi connectivity index (χ1v) is 18.4. The zero-order valence-electron chi connectivity index (χ0n) is 32.9. The lowest BCUT2D eigenvalue weighted by atomic mass is 10.1. The predicted octanol–water partition coefficient (Wildman–Crippen LogP) is 5.43. The Balaban J connectivity index is 1.21. The third kappa shape index (κ3) is 11.3. The molecule has 5 aromatic carbocycles. The minimum atomic E-state index is -1.39. The van der Waals surface area contributed by atoms with E-state index in [4.69, 9.17) is 20.8 Å². The lowest BCUT2D eigenvalue weighted by Gasteiger charge is -2.19. The number of nitrogens with zero attached hydrogens (tertiary/aromatic N) is 1. The first-order chi connectivity index (χ1) is 29.0. The maximum atomic E-state index is 13.3. The maximum absolute atomic E-state index is 13.3. The lowest BCUT2D eigenvalue weighted by molar-refractivity contribution is -0.123. The van der Waals surface area contributed by atoms with Crippen LogP contribution in [0.3, 0.4) is 0 Å². The van der Waals surface area contributed by atoms with E-state index in [9.17, 15) is 38.7 Å². The fraction of sp³-hybridized carbons (Fsp3) is 0.136. The molecule has 0 heterocycles. The van der Waals surface area contributed by atoms with Gasteiger partial charge in [0.15, 0.2) is 11.5 Å². The van der Waals surface area contributed by atoms with Gasteiger partial charge in [-0.2, -0.15) is 5.26 Å².